The van der Waals surface area contributed by atoms with Crippen LogP contribution in [0, 0.1) is 5.82 Å². The summed E-state index contributed by atoms with van der Waals surface area (Å²) in [4.78, 5) is 25.7. The monoisotopic (exact) mass is 318 g/mol. The molecular formula is C18H23FN2O2. The summed E-state index contributed by atoms with van der Waals surface area (Å²) >= 11 is 0. The molecule has 1 aromatic rings. The summed E-state index contributed by atoms with van der Waals surface area (Å²) in [5.74, 6) is -0.440. The van der Waals surface area contributed by atoms with Crippen LogP contribution < -0.4 is 5.32 Å². The SMILES string of the molecule is CC(=CC(=O)NCCC(=O)N1CCCCC1)c1ccc(F)cc1. The van der Waals surface area contributed by atoms with Gasteiger partial charge in [-0.05, 0) is 49.5 Å². The molecule has 0 atom stereocenters. The van der Waals surface area contributed by atoms with Crippen molar-refractivity contribution < 1.29 is 14.0 Å². The molecule has 0 unspecified atom stereocenters. The minimum atomic E-state index is -0.303. The molecule has 2 amide bonds. The lowest BCUT2D eigenvalue weighted by Crippen LogP contribution is -2.37. The van der Waals surface area contributed by atoms with Crippen molar-refractivity contribution in [1.82, 2.24) is 10.2 Å². The van der Waals surface area contributed by atoms with E-state index in [1.54, 1.807) is 19.1 Å². The second-order valence-electron chi connectivity index (χ2n) is 5.82. The van der Waals surface area contributed by atoms with Crippen LogP contribution in [0.5, 0.6) is 0 Å². The van der Waals surface area contributed by atoms with Crippen molar-refractivity contribution in [3.8, 4) is 0 Å². The van der Waals surface area contributed by atoms with Crippen molar-refractivity contribution in [3.05, 3.63) is 41.7 Å². The average Bonchev–Trinajstić information content (AvgIpc) is 2.56. The second-order valence-corrected chi connectivity index (χ2v) is 5.82. The fraction of sp³-hybridized carbons (Fsp3) is 0.444. The Morgan fingerprint density at radius 3 is 2.48 bits per heavy atom. The zero-order chi connectivity index (χ0) is 16.7. The van der Waals surface area contributed by atoms with E-state index >= 15 is 0 Å². The summed E-state index contributed by atoms with van der Waals surface area (Å²) < 4.78 is 12.9. The highest BCUT2D eigenvalue weighted by molar-refractivity contribution is 5.95. The maximum absolute atomic E-state index is 12.9. The van der Waals surface area contributed by atoms with Gasteiger partial charge >= 0.3 is 0 Å². The van der Waals surface area contributed by atoms with Crippen LogP contribution in [-0.4, -0.2) is 36.3 Å². The Morgan fingerprint density at radius 1 is 1.17 bits per heavy atom. The van der Waals surface area contributed by atoms with E-state index in [0.29, 0.717) is 13.0 Å². The van der Waals surface area contributed by atoms with Gasteiger partial charge in [-0.3, -0.25) is 9.59 Å². The van der Waals surface area contributed by atoms with Crippen molar-refractivity contribution in [1.29, 1.82) is 0 Å². The normalized spacial score (nSPS) is 15.4. The predicted octanol–water partition coefficient (Wildman–Crippen LogP) is 2.75. The Kier molecular flexibility index (Phi) is 6.32. The van der Waals surface area contributed by atoms with E-state index in [0.717, 1.165) is 37.1 Å². The number of halogens is 1. The zero-order valence-corrected chi connectivity index (χ0v) is 13.5. The van der Waals surface area contributed by atoms with Crippen LogP contribution >= 0.6 is 0 Å². The van der Waals surface area contributed by atoms with E-state index in [-0.39, 0.29) is 17.6 Å². The summed E-state index contributed by atoms with van der Waals surface area (Å²) in [5.41, 5.74) is 1.55. The number of hydrogen-bond donors (Lipinski definition) is 1. The largest absolute Gasteiger partial charge is 0.352 e. The van der Waals surface area contributed by atoms with Gasteiger partial charge in [-0.25, -0.2) is 4.39 Å². The molecule has 4 nitrogen and oxygen atoms in total. The fourth-order valence-corrected chi connectivity index (χ4v) is 2.64. The Morgan fingerprint density at radius 2 is 1.83 bits per heavy atom. The van der Waals surface area contributed by atoms with E-state index in [2.05, 4.69) is 5.32 Å². The molecule has 124 valence electrons. The quantitative estimate of drug-likeness (QED) is 0.849. The highest BCUT2D eigenvalue weighted by Crippen LogP contribution is 2.14. The lowest BCUT2D eigenvalue weighted by atomic mass is 10.1. The van der Waals surface area contributed by atoms with E-state index < -0.39 is 0 Å². The number of nitrogens with one attached hydrogen (secondary N) is 1. The van der Waals surface area contributed by atoms with Gasteiger partial charge in [0.2, 0.25) is 11.8 Å². The number of carbonyl (C=O) groups excluding carboxylic acids is 2. The molecule has 1 fully saturated rings. The standard InChI is InChI=1S/C18H23FN2O2/c1-14(15-5-7-16(19)8-6-15)13-17(22)20-10-9-18(23)21-11-3-2-4-12-21/h5-8,13H,2-4,9-12H2,1H3,(H,20,22). The van der Waals surface area contributed by atoms with Crippen LogP contribution in [0.1, 0.15) is 38.2 Å². The molecule has 23 heavy (non-hydrogen) atoms. The van der Waals surface area contributed by atoms with Gasteiger partial charge in [0.1, 0.15) is 5.82 Å². The van der Waals surface area contributed by atoms with E-state index in [1.807, 2.05) is 4.90 Å². The minimum absolute atomic E-state index is 0.101. The van der Waals surface area contributed by atoms with Crippen LogP contribution in [0.2, 0.25) is 0 Å². The molecule has 0 aromatic heterocycles. The van der Waals surface area contributed by atoms with Crippen LogP contribution in [0.3, 0.4) is 0 Å². The highest BCUT2D eigenvalue weighted by Gasteiger charge is 2.15. The Bertz CT molecular complexity index is 575. The first-order chi connectivity index (χ1) is 11.1. The first kappa shape index (κ1) is 17.2. The van der Waals surface area contributed by atoms with E-state index in [9.17, 15) is 14.0 Å². The summed E-state index contributed by atoms with van der Waals surface area (Å²) in [6.45, 7) is 3.79. The molecule has 1 aliphatic heterocycles. The van der Waals surface area contributed by atoms with Crippen LogP contribution in [0.25, 0.3) is 5.57 Å². The van der Waals surface area contributed by atoms with Crippen LogP contribution in [0.15, 0.2) is 30.3 Å². The third kappa shape index (κ3) is 5.51. The number of hydrogen-bond acceptors (Lipinski definition) is 2. The Balaban J connectivity index is 1.76. The minimum Gasteiger partial charge on any atom is -0.352 e. The van der Waals surface area contributed by atoms with Crippen LogP contribution in [-0.2, 0) is 9.59 Å². The average molecular weight is 318 g/mol. The molecule has 0 spiro atoms. The van der Waals surface area contributed by atoms with Crippen LogP contribution in [0.4, 0.5) is 4.39 Å². The molecule has 1 saturated heterocycles. The van der Waals surface area contributed by atoms with Crippen molar-refractivity contribution in [3.63, 3.8) is 0 Å². The fourth-order valence-electron chi connectivity index (χ4n) is 2.64. The molecule has 0 radical (unpaired) electrons. The van der Waals surface area contributed by atoms with Gasteiger partial charge in [0.15, 0.2) is 0 Å². The first-order valence-electron chi connectivity index (χ1n) is 8.06. The van der Waals surface area contributed by atoms with Gasteiger partial charge in [-0.15, -0.1) is 0 Å². The third-order valence-corrected chi connectivity index (χ3v) is 3.99. The number of benzene rings is 1. The number of allylic oxidation sites excluding steroid dienone is 1. The number of rotatable bonds is 5. The summed E-state index contributed by atoms with van der Waals surface area (Å²) in [5, 5.41) is 2.73. The number of piperidine rings is 1. The molecule has 0 bridgehead atoms. The number of amides is 2. The Labute approximate surface area is 136 Å². The van der Waals surface area contributed by atoms with Gasteiger partial charge in [-0.1, -0.05) is 12.1 Å². The third-order valence-electron chi connectivity index (χ3n) is 3.99. The number of carbonyl (C=O) groups is 2. The molecule has 1 N–H and O–H groups in total. The van der Waals surface area contributed by atoms with E-state index in [4.69, 9.17) is 0 Å². The van der Waals surface area contributed by atoms with Crippen molar-refractivity contribution in [2.75, 3.05) is 19.6 Å². The summed E-state index contributed by atoms with van der Waals surface area (Å²) in [6, 6.07) is 5.99. The summed E-state index contributed by atoms with van der Waals surface area (Å²) in [7, 11) is 0. The molecule has 1 aliphatic rings. The molecular weight excluding hydrogens is 295 g/mol. The first-order valence-corrected chi connectivity index (χ1v) is 8.06. The molecule has 1 aromatic carbocycles. The molecule has 0 aliphatic carbocycles. The molecule has 0 saturated carbocycles. The predicted molar refractivity (Wildman–Crippen MR) is 88.1 cm³/mol. The van der Waals surface area contributed by atoms with Gasteiger partial charge in [0.05, 0.1) is 0 Å². The van der Waals surface area contributed by atoms with Gasteiger partial charge in [0, 0.05) is 32.1 Å². The van der Waals surface area contributed by atoms with Crippen molar-refractivity contribution in [2.24, 2.45) is 0 Å². The lowest BCUT2D eigenvalue weighted by molar-refractivity contribution is -0.132. The lowest BCUT2D eigenvalue weighted by Gasteiger charge is -2.26. The maximum atomic E-state index is 12.9. The molecule has 1 heterocycles. The zero-order valence-electron chi connectivity index (χ0n) is 13.5. The number of likely N-dealkylation sites (tertiary alicyclic amines) is 1. The maximum Gasteiger partial charge on any atom is 0.244 e. The smallest absolute Gasteiger partial charge is 0.244 e. The molecule has 2 rings (SSSR count). The van der Waals surface area contributed by atoms with Gasteiger partial charge in [0.25, 0.3) is 0 Å². The van der Waals surface area contributed by atoms with Gasteiger partial charge < -0.3 is 10.2 Å². The highest BCUT2D eigenvalue weighted by atomic mass is 19.1. The number of nitrogens with zero attached hydrogens (tertiary/aromatic N) is 1. The second kappa shape index (κ2) is 8.46. The summed E-state index contributed by atoms with van der Waals surface area (Å²) in [6.07, 6.45) is 5.12. The topological polar surface area (TPSA) is 49.4 Å². The van der Waals surface area contributed by atoms with E-state index in [1.165, 1.54) is 24.6 Å². The van der Waals surface area contributed by atoms with Crippen molar-refractivity contribution >= 4 is 17.4 Å². The van der Waals surface area contributed by atoms with Crippen molar-refractivity contribution in [2.45, 2.75) is 32.6 Å². The molecule has 5 heteroatoms. The Hall–Kier alpha value is -2.17. The van der Waals surface area contributed by atoms with Gasteiger partial charge in [-0.2, -0.15) is 0 Å².